The van der Waals surface area contributed by atoms with Crippen LogP contribution >= 0.6 is 0 Å². The molecule has 6 heteroatoms. The van der Waals surface area contributed by atoms with Gasteiger partial charge in [0.15, 0.2) is 0 Å². The molecule has 0 spiro atoms. The molecule has 2 amide bonds. The molecule has 3 saturated heterocycles. The van der Waals surface area contributed by atoms with Gasteiger partial charge in [0.25, 0.3) is 0 Å². The van der Waals surface area contributed by atoms with Crippen molar-refractivity contribution in [3.8, 4) is 0 Å². The summed E-state index contributed by atoms with van der Waals surface area (Å²) in [6.07, 6.45) is 6.14. The van der Waals surface area contributed by atoms with Crippen molar-refractivity contribution in [2.24, 2.45) is 17.6 Å². The van der Waals surface area contributed by atoms with Crippen LogP contribution < -0.4 is 5.73 Å². The van der Waals surface area contributed by atoms with E-state index in [-0.39, 0.29) is 19.1 Å². The van der Waals surface area contributed by atoms with Crippen molar-refractivity contribution in [3.63, 3.8) is 0 Å². The first-order valence-corrected chi connectivity index (χ1v) is 10.5. The summed E-state index contributed by atoms with van der Waals surface area (Å²) in [4.78, 5) is 28.0. The maximum atomic E-state index is 12.5. The third kappa shape index (κ3) is 4.39. The molecule has 4 rings (SSSR count). The monoisotopic (exact) mass is 385 g/mol. The fourth-order valence-electron chi connectivity index (χ4n) is 5.55. The number of carbonyl (C=O) groups excluding carboxylic acids is 2. The first-order chi connectivity index (χ1) is 13.6. The van der Waals surface area contributed by atoms with Crippen LogP contribution in [0.3, 0.4) is 0 Å². The summed E-state index contributed by atoms with van der Waals surface area (Å²) in [6, 6.07) is 12.0. The van der Waals surface area contributed by atoms with E-state index in [0.29, 0.717) is 23.9 Å². The van der Waals surface area contributed by atoms with Crippen LogP contribution in [0.4, 0.5) is 0 Å². The third-order valence-corrected chi connectivity index (χ3v) is 6.65. The number of ether oxygens (including phenoxy) is 1. The highest BCUT2D eigenvalue weighted by molar-refractivity contribution is 5.79. The predicted molar refractivity (Wildman–Crippen MR) is 106 cm³/mol. The van der Waals surface area contributed by atoms with E-state index in [4.69, 9.17) is 10.5 Å². The molecule has 0 aliphatic carbocycles. The van der Waals surface area contributed by atoms with Crippen LogP contribution in [0.2, 0.25) is 0 Å². The van der Waals surface area contributed by atoms with Gasteiger partial charge in [-0.1, -0.05) is 36.8 Å². The summed E-state index contributed by atoms with van der Waals surface area (Å²) in [5, 5.41) is 0. The van der Waals surface area contributed by atoms with Gasteiger partial charge in [0.05, 0.1) is 0 Å². The third-order valence-electron chi connectivity index (χ3n) is 6.65. The number of hydrogen-bond donors (Lipinski definition) is 1. The number of rotatable bonds is 6. The van der Waals surface area contributed by atoms with Gasteiger partial charge in [-0.2, -0.15) is 0 Å². The standard InChI is InChI=1S/C22H31N3O3/c23-21(26)14-28-15-22(27)24-11-17-9-18(13-24)20-8-4-7-19(25(20)12-17)10-16-5-2-1-3-6-16/h1-3,5-6,17-20H,4,7-15H2,(H2,23,26)/t17-,18+,19+,20-/m0/s1. The molecule has 28 heavy (non-hydrogen) atoms. The molecule has 2 bridgehead atoms. The second kappa shape index (κ2) is 8.62. The smallest absolute Gasteiger partial charge is 0.248 e. The number of amides is 2. The molecule has 1 aromatic carbocycles. The minimum Gasteiger partial charge on any atom is -0.368 e. The van der Waals surface area contributed by atoms with Crippen LogP contribution in [0.1, 0.15) is 31.2 Å². The number of piperidine rings is 3. The lowest BCUT2D eigenvalue weighted by Crippen LogP contribution is -2.62. The maximum absolute atomic E-state index is 12.5. The summed E-state index contributed by atoms with van der Waals surface area (Å²) in [5.41, 5.74) is 6.50. The normalized spacial score (nSPS) is 29.9. The van der Waals surface area contributed by atoms with Gasteiger partial charge in [-0.05, 0) is 43.1 Å². The number of likely N-dealkylation sites (tertiary alicyclic amines) is 1. The largest absolute Gasteiger partial charge is 0.368 e. The van der Waals surface area contributed by atoms with Gasteiger partial charge in [0, 0.05) is 31.7 Å². The molecule has 3 aliphatic rings. The van der Waals surface area contributed by atoms with E-state index in [0.717, 1.165) is 26.1 Å². The molecule has 0 unspecified atom stereocenters. The fraction of sp³-hybridized carbons (Fsp3) is 0.636. The Morgan fingerprint density at radius 1 is 1.07 bits per heavy atom. The minimum absolute atomic E-state index is 0.0129. The lowest BCUT2D eigenvalue weighted by molar-refractivity contribution is -0.144. The fourth-order valence-corrected chi connectivity index (χ4v) is 5.55. The van der Waals surface area contributed by atoms with E-state index in [1.54, 1.807) is 0 Å². The lowest BCUT2D eigenvalue weighted by atomic mass is 9.74. The van der Waals surface area contributed by atoms with Crippen molar-refractivity contribution in [3.05, 3.63) is 35.9 Å². The summed E-state index contributed by atoms with van der Waals surface area (Å²) in [5.74, 6) is 0.532. The van der Waals surface area contributed by atoms with Crippen molar-refractivity contribution in [1.82, 2.24) is 9.80 Å². The van der Waals surface area contributed by atoms with Crippen LogP contribution in [0.15, 0.2) is 30.3 Å². The molecule has 152 valence electrons. The zero-order chi connectivity index (χ0) is 19.5. The number of nitrogens with two attached hydrogens (primary N) is 1. The Bertz CT molecular complexity index is 696. The molecule has 2 N–H and O–H groups in total. The molecule has 6 nitrogen and oxygen atoms in total. The summed E-state index contributed by atoms with van der Waals surface area (Å²) < 4.78 is 5.15. The van der Waals surface area contributed by atoms with Crippen LogP contribution in [0.25, 0.3) is 0 Å². The van der Waals surface area contributed by atoms with Gasteiger partial charge in [-0.3, -0.25) is 14.5 Å². The molecule has 0 aromatic heterocycles. The van der Waals surface area contributed by atoms with Crippen molar-refractivity contribution in [1.29, 1.82) is 0 Å². The number of carbonyl (C=O) groups is 2. The highest BCUT2D eigenvalue weighted by Gasteiger charge is 2.45. The predicted octanol–water partition coefficient (Wildman–Crippen LogP) is 1.43. The summed E-state index contributed by atoms with van der Waals surface area (Å²) >= 11 is 0. The van der Waals surface area contributed by atoms with Gasteiger partial charge < -0.3 is 15.4 Å². The van der Waals surface area contributed by atoms with E-state index in [2.05, 4.69) is 35.2 Å². The Labute approximate surface area is 167 Å². The van der Waals surface area contributed by atoms with Gasteiger partial charge in [0.2, 0.25) is 11.8 Å². The first kappa shape index (κ1) is 19.4. The number of nitrogens with zero attached hydrogens (tertiary/aromatic N) is 2. The van der Waals surface area contributed by atoms with Crippen molar-refractivity contribution < 1.29 is 14.3 Å². The van der Waals surface area contributed by atoms with Crippen LogP contribution in [-0.2, 0) is 20.7 Å². The molecule has 1 aromatic rings. The second-order valence-electron chi connectivity index (χ2n) is 8.66. The maximum Gasteiger partial charge on any atom is 0.248 e. The molecule has 0 saturated carbocycles. The van der Waals surface area contributed by atoms with Gasteiger partial charge in [-0.15, -0.1) is 0 Å². The van der Waals surface area contributed by atoms with Crippen LogP contribution in [-0.4, -0.2) is 66.5 Å². The van der Waals surface area contributed by atoms with Crippen LogP contribution in [0, 0.1) is 11.8 Å². The molecule has 0 radical (unpaired) electrons. The van der Waals surface area contributed by atoms with Crippen LogP contribution in [0.5, 0.6) is 0 Å². The molecule has 3 fully saturated rings. The topological polar surface area (TPSA) is 75.9 Å². The summed E-state index contributed by atoms with van der Waals surface area (Å²) in [6.45, 7) is 2.47. The highest BCUT2D eigenvalue weighted by atomic mass is 16.5. The minimum atomic E-state index is -0.536. The average Bonchev–Trinajstić information content (AvgIpc) is 2.69. The van der Waals surface area contributed by atoms with Gasteiger partial charge in [0.1, 0.15) is 13.2 Å². The number of fused-ring (bicyclic) bond motifs is 4. The Balaban J connectivity index is 1.38. The van der Waals surface area contributed by atoms with Crippen molar-refractivity contribution in [2.45, 2.75) is 44.2 Å². The van der Waals surface area contributed by atoms with Crippen molar-refractivity contribution in [2.75, 3.05) is 32.8 Å². The first-order valence-electron chi connectivity index (χ1n) is 10.5. The Kier molecular flexibility index (Phi) is 5.97. The van der Waals surface area contributed by atoms with Gasteiger partial charge >= 0.3 is 0 Å². The molecular formula is C22H31N3O3. The van der Waals surface area contributed by atoms with E-state index in [9.17, 15) is 9.59 Å². The quantitative estimate of drug-likeness (QED) is 0.804. The number of benzene rings is 1. The van der Waals surface area contributed by atoms with E-state index in [1.165, 1.54) is 31.2 Å². The zero-order valence-corrected chi connectivity index (χ0v) is 16.5. The molecular weight excluding hydrogens is 354 g/mol. The SMILES string of the molecule is NC(=O)COCC(=O)N1C[C@@H]2C[C@H](C1)[C@@H]1CCC[C@H](Cc3ccccc3)N1C2. The zero-order valence-electron chi connectivity index (χ0n) is 16.5. The van der Waals surface area contributed by atoms with Crippen molar-refractivity contribution >= 4 is 11.8 Å². The molecule has 3 aliphatic heterocycles. The van der Waals surface area contributed by atoms with E-state index >= 15 is 0 Å². The lowest BCUT2D eigenvalue weighted by Gasteiger charge is -2.55. The molecule has 4 atom stereocenters. The van der Waals surface area contributed by atoms with E-state index < -0.39 is 5.91 Å². The Hall–Kier alpha value is -1.92. The second-order valence-corrected chi connectivity index (χ2v) is 8.66. The average molecular weight is 386 g/mol. The summed E-state index contributed by atoms with van der Waals surface area (Å²) in [7, 11) is 0. The Morgan fingerprint density at radius 2 is 1.89 bits per heavy atom. The highest BCUT2D eigenvalue weighted by Crippen LogP contribution is 2.40. The molecule has 3 heterocycles. The number of primary amides is 1. The van der Waals surface area contributed by atoms with E-state index in [1.807, 2.05) is 4.90 Å². The van der Waals surface area contributed by atoms with Gasteiger partial charge in [-0.25, -0.2) is 0 Å². The number of hydrogen-bond acceptors (Lipinski definition) is 4. The Morgan fingerprint density at radius 3 is 2.68 bits per heavy atom.